The number of H-pyrrole nitrogens is 1. The van der Waals surface area contributed by atoms with Gasteiger partial charge in [-0.05, 0) is 12.1 Å². The molecule has 0 aliphatic rings. The van der Waals surface area contributed by atoms with Gasteiger partial charge in [-0.3, -0.25) is 0 Å². The number of imidazole rings is 1. The van der Waals surface area contributed by atoms with E-state index in [0.717, 1.165) is 0 Å². The van der Waals surface area contributed by atoms with Crippen LogP contribution in [0.25, 0.3) is 11.0 Å². The SMILES string of the molecule is CC(C)c1nc2cc(C(F)(F)F)c(C(F)(F)F)cc2[nH]1. The molecule has 8 heteroatoms. The number of benzene rings is 1. The topological polar surface area (TPSA) is 28.7 Å². The van der Waals surface area contributed by atoms with E-state index >= 15 is 0 Å². The molecule has 0 radical (unpaired) electrons. The number of aromatic amines is 1. The van der Waals surface area contributed by atoms with E-state index in [1.165, 1.54) is 0 Å². The van der Waals surface area contributed by atoms with E-state index in [1.54, 1.807) is 13.8 Å². The molecule has 1 N–H and O–H groups in total. The van der Waals surface area contributed by atoms with Crippen LogP contribution < -0.4 is 0 Å². The summed E-state index contributed by atoms with van der Waals surface area (Å²) < 4.78 is 76.4. The van der Waals surface area contributed by atoms with E-state index in [-0.39, 0.29) is 17.0 Å². The van der Waals surface area contributed by atoms with Crippen molar-refractivity contribution in [2.45, 2.75) is 32.1 Å². The number of alkyl halides is 6. The third-order valence-electron chi connectivity index (χ3n) is 2.80. The molecule has 1 heterocycles. The predicted molar refractivity (Wildman–Crippen MR) is 60.2 cm³/mol. The first-order valence-corrected chi connectivity index (χ1v) is 5.68. The van der Waals surface area contributed by atoms with Gasteiger partial charge in [0.05, 0.1) is 22.2 Å². The van der Waals surface area contributed by atoms with Gasteiger partial charge in [0.2, 0.25) is 0 Å². The minimum Gasteiger partial charge on any atom is -0.342 e. The molecule has 0 aliphatic heterocycles. The summed E-state index contributed by atoms with van der Waals surface area (Å²) in [5, 5.41) is 0. The molecule has 20 heavy (non-hydrogen) atoms. The van der Waals surface area contributed by atoms with Crippen LogP contribution >= 0.6 is 0 Å². The second kappa shape index (κ2) is 4.39. The first-order chi connectivity index (χ1) is 9.00. The van der Waals surface area contributed by atoms with Gasteiger partial charge in [0.25, 0.3) is 0 Å². The largest absolute Gasteiger partial charge is 0.417 e. The summed E-state index contributed by atoms with van der Waals surface area (Å²) in [7, 11) is 0. The van der Waals surface area contributed by atoms with E-state index in [1.807, 2.05) is 0 Å². The van der Waals surface area contributed by atoms with Gasteiger partial charge in [-0.25, -0.2) is 4.98 Å². The van der Waals surface area contributed by atoms with Gasteiger partial charge in [-0.15, -0.1) is 0 Å². The Morgan fingerprint density at radius 2 is 1.45 bits per heavy atom. The Kier molecular flexibility index (Phi) is 3.22. The van der Waals surface area contributed by atoms with E-state index in [4.69, 9.17) is 0 Å². The second-order valence-corrected chi connectivity index (χ2v) is 4.69. The Morgan fingerprint density at radius 3 is 1.90 bits per heavy atom. The fraction of sp³-hybridized carbons (Fsp3) is 0.417. The Labute approximate surface area is 109 Å². The number of nitrogens with zero attached hydrogens (tertiary/aromatic N) is 1. The number of hydrogen-bond donors (Lipinski definition) is 1. The monoisotopic (exact) mass is 296 g/mol. The number of aromatic nitrogens is 2. The minimum absolute atomic E-state index is 0.0611. The van der Waals surface area contributed by atoms with Crippen molar-refractivity contribution in [2.75, 3.05) is 0 Å². The van der Waals surface area contributed by atoms with Crippen LogP contribution in [-0.2, 0) is 12.4 Å². The van der Waals surface area contributed by atoms with Gasteiger partial charge in [-0.2, -0.15) is 26.3 Å². The predicted octanol–water partition coefficient (Wildman–Crippen LogP) is 4.72. The molecule has 2 aromatic rings. The van der Waals surface area contributed by atoms with Crippen molar-refractivity contribution < 1.29 is 26.3 Å². The van der Waals surface area contributed by atoms with Crippen LogP contribution in [0.5, 0.6) is 0 Å². The summed E-state index contributed by atoms with van der Waals surface area (Å²) in [6, 6.07) is 0.886. The Bertz CT molecular complexity index is 585. The number of halogens is 6. The van der Waals surface area contributed by atoms with E-state index in [0.29, 0.717) is 18.0 Å². The summed E-state index contributed by atoms with van der Waals surface area (Å²) in [5.41, 5.74) is -3.63. The molecule has 110 valence electrons. The normalized spacial score (nSPS) is 13.4. The molecule has 0 bridgehead atoms. The van der Waals surface area contributed by atoms with Crippen molar-refractivity contribution in [1.82, 2.24) is 9.97 Å². The van der Waals surface area contributed by atoms with Crippen molar-refractivity contribution in [1.29, 1.82) is 0 Å². The fourth-order valence-corrected chi connectivity index (χ4v) is 1.82. The van der Waals surface area contributed by atoms with Gasteiger partial charge in [0.15, 0.2) is 0 Å². The average molecular weight is 296 g/mol. The molecule has 1 aromatic heterocycles. The smallest absolute Gasteiger partial charge is 0.342 e. The molecule has 0 saturated carbocycles. The van der Waals surface area contributed by atoms with Crippen LogP contribution in [0.3, 0.4) is 0 Å². The summed E-state index contributed by atoms with van der Waals surface area (Å²) in [6.07, 6.45) is -10.2. The maximum Gasteiger partial charge on any atom is 0.417 e. The second-order valence-electron chi connectivity index (χ2n) is 4.69. The van der Waals surface area contributed by atoms with E-state index in [9.17, 15) is 26.3 Å². The number of fused-ring (bicyclic) bond motifs is 1. The highest BCUT2D eigenvalue weighted by Crippen LogP contribution is 2.41. The molecular weight excluding hydrogens is 286 g/mol. The number of nitrogens with one attached hydrogen (secondary N) is 1. The van der Waals surface area contributed by atoms with Gasteiger partial charge < -0.3 is 4.98 Å². The van der Waals surface area contributed by atoms with Crippen LogP contribution in [0.15, 0.2) is 12.1 Å². The van der Waals surface area contributed by atoms with Gasteiger partial charge in [0.1, 0.15) is 5.82 Å². The van der Waals surface area contributed by atoms with Crippen LogP contribution in [0.1, 0.15) is 36.7 Å². The molecule has 0 saturated heterocycles. The Morgan fingerprint density at radius 1 is 0.950 bits per heavy atom. The summed E-state index contributed by atoms with van der Waals surface area (Å²) in [5.74, 6) is 0.207. The molecule has 0 fully saturated rings. The minimum atomic E-state index is -5.09. The van der Waals surface area contributed by atoms with Crippen molar-refractivity contribution in [3.8, 4) is 0 Å². The highest BCUT2D eigenvalue weighted by Gasteiger charge is 2.43. The van der Waals surface area contributed by atoms with Crippen molar-refractivity contribution in [3.63, 3.8) is 0 Å². The fourth-order valence-electron chi connectivity index (χ4n) is 1.82. The zero-order valence-corrected chi connectivity index (χ0v) is 10.4. The van der Waals surface area contributed by atoms with Crippen LogP contribution in [0, 0.1) is 0 Å². The lowest BCUT2D eigenvalue weighted by atomic mass is 10.1. The first kappa shape index (κ1) is 14.7. The Balaban J connectivity index is 2.75. The van der Waals surface area contributed by atoms with Crippen LogP contribution in [0.4, 0.5) is 26.3 Å². The third kappa shape index (κ3) is 2.59. The molecule has 1 aromatic carbocycles. The van der Waals surface area contributed by atoms with Crippen LogP contribution in [0.2, 0.25) is 0 Å². The van der Waals surface area contributed by atoms with Gasteiger partial charge in [-0.1, -0.05) is 13.8 Å². The molecule has 0 unspecified atom stereocenters. The van der Waals surface area contributed by atoms with Crippen molar-refractivity contribution >= 4 is 11.0 Å². The van der Waals surface area contributed by atoms with Crippen molar-refractivity contribution in [3.05, 3.63) is 29.1 Å². The molecule has 0 spiro atoms. The summed E-state index contributed by atoms with van der Waals surface area (Å²) in [4.78, 5) is 6.49. The molecule has 0 atom stereocenters. The maximum atomic E-state index is 12.7. The average Bonchev–Trinajstić information content (AvgIpc) is 2.67. The lowest BCUT2D eigenvalue weighted by Gasteiger charge is -2.15. The lowest BCUT2D eigenvalue weighted by molar-refractivity contribution is -0.161. The zero-order chi connectivity index (χ0) is 15.3. The molecular formula is C12H10F6N2. The lowest BCUT2D eigenvalue weighted by Crippen LogP contribution is -2.16. The van der Waals surface area contributed by atoms with Crippen molar-refractivity contribution in [2.24, 2.45) is 0 Å². The highest BCUT2D eigenvalue weighted by atomic mass is 19.4. The summed E-state index contributed by atoms with van der Waals surface area (Å²) in [6.45, 7) is 3.46. The number of rotatable bonds is 1. The maximum absolute atomic E-state index is 12.7. The molecule has 0 aliphatic carbocycles. The number of hydrogen-bond acceptors (Lipinski definition) is 1. The molecule has 0 amide bonds. The highest BCUT2D eigenvalue weighted by molar-refractivity contribution is 5.77. The van der Waals surface area contributed by atoms with E-state index < -0.39 is 23.5 Å². The van der Waals surface area contributed by atoms with Crippen LogP contribution in [-0.4, -0.2) is 9.97 Å². The van der Waals surface area contributed by atoms with Gasteiger partial charge >= 0.3 is 12.4 Å². The first-order valence-electron chi connectivity index (χ1n) is 5.68. The summed E-state index contributed by atoms with van der Waals surface area (Å²) >= 11 is 0. The van der Waals surface area contributed by atoms with E-state index in [2.05, 4.69) is 9.97 Å². The third-order valence-corrected chi connectivity index (χ3v) is 2.80. The standard InChI is InChI=1S/C12H10F6N2/c1-5(2)10-19-8-3-6(11(13,14)15)7(12(16,17)18)4-9(8)20-10/h3-5H,1-2H3,(H,19,20). The Hall–Kier alpha value is -1.73. The molecule has 2 nitrogen and oxygen atoms in total. The quantitative estimate of drug-likeness (QED) is 0.758. The molecule has 2 rings (SSSR count). The van der Waals surface area contributed by atoms with Gasteiger partial charge in [0, 0.05) is 5.92 Å². The zero-order valence-electron chi connectivity index (χ0n) is 10.4.